The first-order valence-corrected chi connectivity index (χ1v) is 9.36. The van der Waals surface area contributed by atoms with E-state index < -0.39 is 21.1 Å². The third-order valence-corrected chi connectivity index (χ3v) is 4.62. The molecule has 0 fully saturated rings. The molecule has 2 aromatic rings. The zero-order valence-corrected chi connectivity index (χ0v) is 15.2. The molecule has 25 heavy (non-hydrogen) atoms. The van der Waals surface area contributed by atoms with Gasteiger partial charge in [-0.1, -0.05) is 12.8 Å². The number of imidazole rings is 1. The zero-order valence-electron chi connectivity index (χ0n) is 14.4. The largest absolute Gasteiger partial charge is 0.333 e. The third kappa shape index (κ3) is 3.41. The molecule has 0 radical (unpaired) electrons. The van der Waals surface area contributed by atoms with E-state index in [4.69, 9.17) is 0 Å². The fourth-order valence-electron chi connectivity index (χ4n) is 2.39. The molecular formula is C15H18N4O5S. The molecule has 0 saturated carbocycles. The van der Waals surface area contributed by atoms with Gasteiger partial charge in [0.2, 0.25) is 20.8 Å². The van der Waals surface area contributed by atoms with Gasteiger partial charge in [0, 0.05) is 26.8 Å². The Balaban J connectivity index is 2.74. The van der Waals surface area contributed by atoms with Crippen molar-refractivity contribution in [3.05, 3.63) is 20.8 Å². The van der Waals surface area contributed by atoms with E-state index in [1.807, 2.05) is 6.92 Å². The first kappa shape index (κ1) is 18.7. The Morgan fingerprint density at radius 2 is 1.84 bits per heavy atom. The van der Waals surface area contributed by atoms with Gasteiger partial charge in [0.1, 0.15) is 0 Å². The van der Waals surface area contributed by atoms with E-state index in [2.05, 4.69) is 16.8 Å². The maximum absolute atomic E-state index is 12.3. The van der Waals surface area contributed by atoms with Crippen LogP contribution in [-0.4, -0.2) is 39.1 Å². The van der Waals surface area contributed by atoms with Crippen LogP contribution in [0, 0.1) is 11.8 Å². The summed E-state index contributed by atoms with van der Waals surface area (Å²) in [6.07, 6.45) is 1.94. The number of carbonyl (C=O) groups excluding carboxylic acids is 1. The first-order chi connectivity index (χ1) is 11.6. The number of carbonyl (C=O) groups is 1. The molecule has 0 spiro atoms. The summed E-state index contributed by atoms with van der Waals surface area (Å²) in [6, 6.07) is 0. The normalized spacial score (nSPS) is 11.4. The Hall–Kier alpha value is -2.67. The lowest BCUT2D eigenvalue weighted by molar-refractivity contribution is -0.113. The number of aromatic nitrogens is 4. The molecule has 0 N–H and O–H groups in total. The van der Waals surface area contributed by atoms with Gasteiger partial charge < -0.3 is 4.57 Å². The molecule has 2 heterocycles. The van der Waals surface area contributed by atoms with Crippen molar-refractivity contribution in [2.75, 3.05) is 6.26 Å². The van der Waals surface area contributed by atoms with Crippen LogP contribution in [0.5, 0.6) is 0 Å². The van der Waals surface area contributed by atoms with Crippen LogP contribution in [0.4, 0.5) is 0 Å². The lowest BCUT2D eigenvalue weighted by atomic mass is 10.2. The third-order valence-electron chi connectivity index (χ3n) is 3.59. The number of sulfone groups is 1. The average molecular weight is 366 g/mol. The topological polar surface area (TPSA) is 113 Å². The second-order valence-electron chi connectivity index (χ2n) is 5.61. The van der Waals surface area contributed by atoms with Crippen LogP contribution in [0.15, 0.2) is 14.7 Å². The molecule has 0 aliphatic heterocycles. The van der Waals surface area contributed by atoms with Crippen molar-refractivity contribution in [2.45, 2.75) is 31.5 Å². The van der Waals surface area contributed by atoms with E-state index in [-0.39, 0.29) is 28.6 Å². The van der Waals surface area contributed by atoms with Crippen LogP contribution in [0.2, 0.25) is 0 Å². The highest BCUT2D eigenvalue weighted by molar-refractivity contribution is 7.90. The summed E-state index contributed by atoms with van der Waals surface area (Å²) in [5, 5.41) is -0.325. The SMILES string of the molecule is CCCC(=O)C#CCn1c(=O)n(C)c(=O)c2c1nc(S(C)(=O)=O)n2C. The number of rotatable bonds is 4. The molecule has 0 aromatic carbocycles. The Bertz CT molecular complexity index is 1140. The van der Waals surface area contributed by atoms with E-state index in [1.54, 1.807) is 0 Å². The Kier molecular flexibility index (Phi) is 4.99. The number of ketones is 1. The second kappa shape index (κ2) is 6.68. The molecule has 0 amide bonds. The van der Waals surface area contributed by atoms with Crippen LogP contribution < -0.4 is 11.2 Å². The van der Waals surface area contributed by atoms with Crippen LogP contribution in [0.25, 0.3) is 11.2 Å². The average Bonchev–Trinajstić information content (AvgIpc) is 2.86. The summed E-state index contributed by atoms with van der Waals surface area (Å²) in [5.74, 6) is 4.75. The molecule has 0 atom stereocenters. The maximum atomic E-state index is 12.3. The summed E-state index contributed by atoms with van der Waals surface area (Å²) < 4.78 is 26.7. The molecule has 2 aromatic heterocycles. The fourth-order valence-corrected chi connectivity index (χ4v) is 3.23. The van der Waals surface area contributed by atoms with Crippen molar-refractivity contribution < 1.29 is 13.2 Å². The fraction of sp³-hybridized carbons (Fsp3) is 0.467. The predicted octanol–water partition coefficient (Wildman–Crippen LogP) is -0.790. The molecule has 0 saturated heterocycles. The van der Waals surface area contributed by atoms with Gasteiger partial charge in [0.05, 0.1) is 6.54 Å². The van der Waals surface area contributed by atoms with Gasteiger partial charge in [-0.05, 0) is 12.3 Å². The van der Waals surface area contributed by atoms with Gasteiger partial charge >= 0.3 is 5.69 Å². The van der Waals surface area contributed by atoms with Crippen LogP contribution in [-0.2, 0) is 35.3 Å². The highest BCUT2D eigenvalue weighted by Crippen LogP contribution is 2.13. The maximum Gasteiger partial charge on any atom is 0.333 e. The van der Waals surface area contributed by atoms with E-state index in [0.29, 0.717) is 12.8 Å². The van der Waals surface area contributed by atoms with Crippen molar-refractivity contribution in [2.24, 2.45) is 14.1 Å². The number of hydrogen-bond donors (Lipinski definition) is 0. The quantitative estimate of drug-likeness (QED) is 0.518. The van der Waals surface area contributed by atoms with E-state index in [1.165, 1.54) is 14.1 Å². The molecule has 2 rings (SSSR count). The van der Waals surface area contributed by atoms with Crippen molar-refractivity contribution in [3.8, 4) is 11.8 Å². The minimum atomic E-state index is -3.70. The molecule has 10 heteroatoms. The van der Waals surface area contributed by atoms with E-state index in [0.717, 1.165) is 20.0 Å². The molecule has 9 nitrogen and oxygen atoms in total. The summed E-state index contributed by atoms with van der Waals surface area (Å²) in [6.45, 7) is 1.67. The van der Waals surface area contributed by atoms with Gasteiger partial charge in [0.25, 0.3) is 5.56 Å². The van der Waals surface area contributed by atoms with Crippen LogP contribution in [0.1, 0.15) is 19.8 Å². The van der Waals surface area contributed by atoms with Gasteiger partial charge in [-0.15, -0.1) is 0 Å². The van der Waals surface area contributed by atoms with Gasteiger partial charge in [-0.25, -0.2) is 13.2 Å². The number of nitrogens with zero attached hydrogens (tertiary/aromatic N) is 4. The van der Waals surface area contributed by atoms with E-state index >= 15 is 0 Å². The minimum Gasteiger partial charge on any atom is -0.312 e. The Labute approximate surface area is 143 Å². The molecule has 0 aliphatic carbocycles. The summed E-state index contributed by atoms with van der Waals surface area (Å²) >= 11 is 0. The minimum absolute atomic E-state index is 0.0239. The van der Waals surface area contributed by atoms with E-state index in [9.17, 15) is 22.8 Å². The van der Waals surface area contributed by atoms with Crippen molar-refractivity contribution >= 4 is 26.8 Å². The second-order valence-corrected chi connectivity index (χ2v) is 7.52. The summed E-state index contributed by atoms with van der Waals surface area (Å²) in [4.78, 5) is 40.1. The first-order valence-electron chi connectivity index (χ1n) is 7.47. The van der Waals surface area contributed by atoms with Crippen molar-refractivity contribution in [3.63, 3.8) is 0 Å². The molecule has 0 unspecified atom stereocenters. The van der Waals surface area contributed by atoms with Gasteiger partial charge in [-0.3, -0.25) is 18.7 Å². The lowest BCUT2D eigenvalue weighted by Crippen LogP contribution is -2.38. The summed E-state index contributed by atoms with van der Waals surface area (Å²) in [7, 11) is -1.03. The molecule has 0 bridgehead atoms. The lowest BCUT2D eigenvalue weighted by Gasteiger charge is -2.05. The Morgan fingerprint density at radius 3 is 2.40 bits per heavy atom. The van der Waals surface area contributed by atoms with Gasteiger partial charge in [0.15, 0.2) is 11.2 Å². The van der Waals surface area contributed by atoms with Crippen molar-refractivity contribution in [1.29, 1.82) is 0 Å². The van der Waals surface area contributed by atoms with Gasteiger partial charge in [-0.2, -0.15) is 4.98 Å². The van der Waals surface area contributed by atoms with Crippen LogP contribution in [0.3, 0.4) is 0 Å². The number of Topliss-reactive ketones (excluding diaryl/α,β-unsaturated/α-hetero) is 1. The molecule has 134 valence electrons. The smallest absolute Gasteiger partial charge is 0.312 e. The zero-order chi connectivity index (χ0) is 18.9. The Morgan fingerprint density at radius 1 is 1.20 bits per heavy atom. The monoisotopic (exact) mass is 366 g/mol. The molecular weight excluding hydrogens is 348 g/mol. The van der Waals surface area contributed by atoms with Crippen LogP contribution >= 0.6 is 0 Å². The predicted molar refractivity (Wildman–Crippen MR) is 91.0 cm³/mol. The van der Waals surface area contributed by atoms with Crippen molar-refractivity contribution in [1.82, 2.24) is 18.7 Å². The summed E-state index contributed by atoms with van der Waals surface area (Å²) in [5.41, 5.74) is -1.44. The highest BCUT2D eigenvalue weighted by Gasteiger charge is 2.23. The highest BCUT2D eigenvalue weighted by atomic mass is 32.2. The number of aryl methyl sites for hydroxylation is 1. The number of hydrogen-bond acceptors (Lipinski definition) is 6. The number of fused-ring (bicyclic) bond motifs is 1. The standard InChI is InChI=1S/C15H18N4O5S/c1-5-7-10(20)8-6-9-19-12-11(13(21)18(3)15(19)22)17(2)14(16-12)25(4,23)24/h5,7,9H2,1-4H3. The molecule has 0 aliphatic rings.